The summed E-state index contributed by atoms with van der Waals surface area (Å²) in [4.78, 5) is 0. The zero-order chi connectivity index (χ0) is 11.8. The van der Waals surface area contributed by atoms with Crippen LogP contribution in [0.3, 0.4) is 0 Å². The van der Waals surface area contributed by atoms with Crippen molar-refractivity contribution in [3.05, 3.63) is 46.4 Å². The highest BCUT2D eigenvalue weighted by atomic mass is 79.9. The summed E-state index contributed by atoms with van der Waals surface area (Å²) in [5.41, 5.74) is 0.981. The van der Waals surface area contributed by atoms with Gasteiger partial charge in [0.2, 0.25) is 0 Å². The molecule has 2 rings (SSSR count). The van der Waals surface area contributed by atoms with Gasteiger partial charge >= 0.3 is 0 Å². The molecule has 0 radical (unpaired) electrons. The quantitative estimate of drug-likeness (QED) is 0.884. The Hall–Kier alpha value is -0.860. The number of aliphatic hydroxyl groups is 1. The fourth-order valence-corrected chi connectivity index (χ4v) is 2.45. The number of hydrogen-bond acceptors (Lipinski definition) is 1. The molecule has 0 aliphatic carbocycles. The van der Waals surface area contributed by atoms with Gasteiger partial charge in [0, 0.05) is 9.89 Å². The lowest BCUT2D eigenvalue weighted by Gasteiger charge is -2.24. The first-order chi connectivity index (χ1) is 7.56. The van der Waals surface area contributed by atoms with E-state index in [4.69, 9.17) is 0 Å². The summed E-state index contributed by atoms with van der Waals surface area (Å²) in [5, 5.41) is 11.9. The van der Waals surface area contributed by atoms with Gasteiger partial charge in [-0.1, -0.05) is 60.1 Å². The van der Waals surface area contributed by atoms with E-state index in [0.717, 1.165) is 4.47 Å². The molecule has 0 amide bonds. The molecule has 0 aromatic heterocycles. The second kappa shape index (κ2) is 4.19. The Morgan fingerprint density at radius 1 is 1.06 bits per heavy atom. The highest BCUT2D eigenvalue weighted by Crippen LogP contribution is 2.33. The summed E-state index contributed by atoms with van der Waals surface area (Å²) >= 11 is 3.56. The van der Waals surface area contributed by atoms with E-state index in [-0.39, 0.29) is 12.0 Å². The normalized spacial score (nSPS) is 12.0. The molecular formula is C14H15BrO. The van der Waals surface area contributed by atoms with Gasteiger partial charge in [0.25, 0.3) is 0 Å². The highest BCUT2D eigenvalue weighted by Gasteiger charge is 2.21. The number of halogens is 1. The second-order valence-corrected chi connectivity index (χ2v) is 5.54. The van der Waals surface area contributed by atoms with Gasteiger partial charge in [-0.3, -0.25) is 0 Å². The maximum Gasteiger partial charge on any atom is 0.0522 e. The fourth-order valence-electron chi connectivity index (χ4n) is 1.95. The summed E-state index contributed by atoms with van der Waals surface area (Å²) in [7, 11) is 0. The first-order valence-corrected chi connectivity index (χ1v) is 6.14. The molecule has 0 bridgehead atoms. The van der Waals surface area contributed by atoms with Crippen LogP contribution >= 0.6 is 15.9 Å². The van der Waals surface area contributed by atoms with E-state index in [2.05, 4.69) is 48.0 Å². The van der Waals surface area contributed by atoms with Crippen LogP contribution in [0, 0.1) is 0 Å². The van der Waals surface area contributed by atoms with Crippen molar-refractivity contribution in [2.75, 3.05) is 6.61 Å². The van der Waals surface area contributed by atoms with Crippen LogP contribution in [-0.4, -0.2) is 11.7 Å². The van der Waals surface area contributed by atoms with Crippen LogP contribution in [-0.2, 0) is 5.41 Å². The van der Waals surface area contributed by atoms with Crippen LogP contribution < -0.4 is 0 Å². The third-order valence-electron chi connectivity index (χ3n) is 2.99. The zero-order valence-corrected chi connectivity index (χ0v) is 11.1. The Bertz CT molecular complexity index is 517. The van der Waals surface area contributed by atoms with Crippen molar-refractivity contribution < 1.29 is 5.11 Å². The number of aliphatic hydroxyl groups excluding tert-OH is 1. The van der Waals surface area contributed by atoms with E-state index in [9.17, 15) is 5.11 Å². The predicted molar refractivity (Wildman–Crippen MR) is 71.8 cm³/mol. The Morgan fingerprint density at radius 2 is 1.69 bits per heavy atom. The molecule has 0 saturated carbocycles. The Balaban J connectivity index is 2.77. The molecule has 2 aromatic rings. The van der Waals surface area contributed by atoms with Crippen molar-refractivity contribution >= 4 is 26.7 Å². The minimum Gasteiger partial charge on any atom is -0.395 e. The Labute approximate surface area is 104 Å². The number of fused-ring (bicyclic) bond motifs is 1. The van der Waals surface area contributed by atoms with Crippen LogP contribution in [0.5, 0.6) is 0 Å². The van der Waals surface area contributed by atoms with Gasteiger partial charge in [-0.25, -0.2) is 0 Å². The summed E-state index contributed by atoms with van der Waals surface area (Å²) < 4.78 is 1.10. The summed E-state index contributed by atoms with van der Waals surface area (Å²) in [6.07, 6.45) is 0. The van der Waals surface area contributed by atoms with E-state index < -0.39 is 0 Å². The third kappa shape index (κ3) is 1.87. The maximum absolute atomic E-state index is 9.46. The summed E-state index contributed by atoms with van der Waals surface area (Å²) in [5.74, 6) is 0. The first-order valence-electron chi connectivity index (χ1n) is 5.35. The average Bonchev–Trinajstić information content (AvgIpc) is 2.29. The van der Waals surface area contributed by atoms with Crippen molar-refractivity contribution in [1.29, 1.82) is 0 Å². The molecule has 0 fully saturated rings. The molecule has 1 N–H and O–H groups in total. The van der Waals surface area contributed by atoms with Gasteiger partial charge in [0.15, 0.2) is 0 Å². The molecule has 0 unspecified atom stereocenters. The summed E-state index contributed by atoms with van der Waals surface area (Å²) in [6, 6.07) is 12.4. The SMILES string of the molecule is CC(C)(CO)c1cccc2c(Br)cccc12. The van der Waals surface area contributed by atoms with Gasteiger partial charge in [-0.15, -0.1) is 0 Å². The van der Waals surface area contributed by atoms with E-state index in [1.54, 1.807) is 0 Å². The van der Waals surface area contributed by atoms with Gasteiger partial charge < -0.3 is 5.11 Å². The molecule has 0 spiro atoms. The second-order valence-electron chi connectivity index (χ2n) is 4.68. The predicted octanol–water partition coefficient (Wildman–Crippen LogP) is 3.87. The van der Waals surface area contributed by atoms with Gasteiger partial charge in [-0.05, 0) is 22.4 Å². The molecule has 2 heteroatoms. The molecule has 0 atom stereocenters. The lowest BCUT2D eigenvalue weighted by Crippen LogP contribution is -2.22. The smallest absolute Gasteiger partial charge is 0.0522 e. The van der Waals surface area contributed by atoms with Crippen molar-refractivity contribution in [2.45, 2.75) is 19.3 Å². The third-order valence-corrected chi connectivity index (χ3v) is 3.68. The molecule has 0 aliphatic rings. The molecule has 84 valence electrons. The highest BCUT2D eigenvalue weighted by molar-refractivity contribution is 9.10. The van der Waals surface area contributed by atoms with E-state index in [1.807, 2.05) is 18.2 Å². The van der Waals surface area contributed by atoms with Crippen LogP contribution in [0.1, 0.15) is 19.4 Å². The van der Waals surface area contributed by atoms with Crippen LogP contribution in [0.2, 0.25) is 0 Å². The largest absolute Gasteiger partial charge is 0.395 e. The molecule has 0 aliphatic heterocycles. The fraction of sp³-hybridized carbons (Fsp3) is 0.286. The average molecular weight is 279 g/mol. The van der Waals surface area contributed by atoms with Gasteiger partial charge in [0.1, 0.15) is 0 Å². The van der Waals surface area contributed by atoms with Gasteiger partial charge in [-0.2, -0.15) is 0 Å². The number of benzene rings is 2. The minimum atomic E-state index is -0.208. The van der Waals surface area contributed by atoms with Crippen LogP contribution in [0.25, 0.3) is 10.8 Å². The van der Waals surface area contributed by atoms with Crippen molar-refractivity contribution in [3.63, 3.8) is 0 Å². The molecule has 2 aromatic carbocycles. The lowest BCUT2D eigenvalue weighted by molar-refractivity contribution is 0.219. The maximum atomic E-state index is 9.46. The standard InChI is InChI=1S/C14H15BrO/c1-14(2,9-16)12-7-3-6-11-10(12)5-4-8-13(11)15/h3-8,16H,9H2,1-2H3. The Kier molecular flexibility index (Phi) is 3.04. The number of hydrogen-bond donors (Lipinski definition) is 1. The van der Waals surface area contributed by atoms with Crippen LogP contribution in [0.4, 0.5) is 0 Å². The first kappa shape index (κ1) is 11.6. The van der Waals surface area contributed by atoms with E-state index in [1.165, 1.54) is 16.3 Å². The molecule has 0 saturated heterocycles. The van der Waals surface area contributed by atoms with Crippen molar-refractivity contribution in [3.8, 4) is 0 Å². The van der Waals surface area contributed by atoms with E-state index in [0.29, 0.717) is 0 Å². The topological polar surface area (TPSA) is 20.2 Å². The number of rotatable bonds is 2. The minimum absolute atomic E-state index is 0.151. The summed E-state index contributed by atoms with van der Waals surface area (Å²) in [6.45, 7) is 4.27. The monoisotopic (exact) mass is 278 g/mol. The molecule has 1 nitrogen and oxygen atoms in total. The zero-order valence-electron chi connectivity index (χ0n) is 9.50. The molecular weight excluding hydrogens is 264 g/mol. The molecule has 16 heavy (non-hydrogen) atoms. The van der Waals surface area contributed by atoms with Crippen molar-refractivity contribution in [1.82, 2.24) is 0 Å². The Morgan fingerprint density at radius 3 is 2.38 bits per heavy atom. The van der Waals surface area contributed by atoms with Crippen molar-refractivity contribution in [2.24, 2.45) is 0 Å². The van der Waals surface area contributed by atoms with Gasteiger partial charge in [0.05, 0.1) is 6.61 Å². The molecule has 0 heterocycles. The lowest BCUT2D eigenvalue weighted by atomic mass is 9.82. The van der Waals surface area contributed by atoms with Crippen LogP contribution in [0.15, 0.2) is 40.9 Å². The van der Waals surface area contributed by atoms with E-state index >= 15 is 0 Å².